The van der Waals surface area contributed by atoms with Crippen molar-refractivity contribution < 1.29 is 23.1 Å². The van der Waals surface area contributed by atoms with Crippen molar-refractivity contribution in [2.75, 3.05) is 20.3 Å². The molecule has 0 N–H and O–H groups in total. The molecule has 0 unspecified atom stereocenters. The molecule has 0 bridgehead atoms. The van der Waals surface area contributed by atoms with Gasteiger partial charge in [-0.25, -0.2) is 4.79 Å². The third-order valence-electron chi connectivity index (χ3n) is 2.44. The molecule has 106 valence electrons. The van der Waals surface area contributed by atoms with Crippen LogP contribution in [0.3, 0.4) is 0 Å². The Morgan fingerprint density at radius 1 is 1.16 bits per heavy atom. The summed E-state index contributed by atoms with van der Waals surface area (Å²) in [4.78, 5) is 11.6. The summed E-state index contributed by atoms with van der Waals surface area (Å²) in [7, 11) is -1.92. The Morgan fingerprint density at radius 3 is 2.26 bits per heavy atom. The number of carbonyl (C=O) groups excluding carboxylic acids is 1. The number of ether oxygens (including phenoxy) is 1. The first-order valence-electron chi connectivity index (χ1n) is 6.10. The Hall–Kier alpha value is -1.16. The lowest BCUT2D eigenvalue weighted by atomic mass is 10.1. The van der Waals surface area contributed by atoms with Crippen LogP contribution in [0.2, 0.25) is 0 Å². The fourth-order valence-electron chi connectivity index (χ4n) is 1.70. The van der Waals surface area contributed by atoms with Gasteiger partial charge in [0.1, 0.15) is 0 Å². The van der Waals surface area contributed by atoms with Crippen LogP contribution in [0, 0.1) is 0 Å². The zero-order valence-electron chi connectivity index (χ0n) is 11.4. The van der Waals surface area contributed by atoms with Gasteiger partial charge in [0.15, 0.2) is 0 Å². The van der Waals surface area contributed by atoms with Crippen LogP contribution >= 0.6 is 7.60 Å². The quantitative estimate of drug-likeness (QED) is 0.569. The van der Waals surface area contributed by atoms with Gasteiger partial charge in [0.25, 0.3) is 0 Å². The lowest BCUT2D eigenvalue weighted by Crippen LogP contribution is -2.07. The molecule has 0 spiro atoms. The maximum absolute atomic E-state index is 12.4. The first-order valence-corrected chi connectivity index (χ1v) is 7.83. The van der Waals surface area contributed by atoms with E-state index < -0.39 is 13.6 Å². The zero-order chi connectivity index (χ0) is 14.3. The van der Waals surface area contributed by atoms with Crippen molar-refractivity contribution >= 4 is 13.6 Å². The second-order valence-electron chi connectivity index (χ2n) is 3.75. The van der Waals surface area contributed by atoms with Crippen molar-refractivity contribution in [2.45, 2.75) is 20.0 Å². The standard InChI is InChI=1S/C13H19O5P/c1-4-17-19(15,18-5-2)10-11-8-6-7-9-12(11)13(14)16-3/h6-9H,4-5,10H2,1-3H3. The third kappa shape index (κ3) is 4.46. The van der Waals surface area contributed by atoms with E-state index in [1.54, 1.807) is 38.1 Å². The molecule has 1 rings (SSSR count). The highest BCUT2D eigenvalue weighted by atomic mass is 31.2. The Morgan fingerprint density at radius 2 is 1.74 bits per heavy atom. The van der Waals surface area contributed by atoms with Gasteiger partial charge >= 0.3 is 13.6 Å². The van der Waals surface area contributed by atoms with Crippen LogP contribution in [0.15, 0.2) is 24.3 Å². The van der Waals surface area contributed by atoms with Crippen LogP contribution < -0.4 is 0 Å². The number of hydrogen-bond donors (Lipinski definition) is 0. The van der Waals surface area contributed by atoms with Crippen LogP contribution in [0.4, 0.5) is 0 Å². The molecule has 19 heavy (non-hydrogen) atoms. The van der Waals surface area contributed by atoms with Gasteiger partial charge in [0.2, 0.25) is 0 Å². The van der Waals surface area contributed by atoms with E-state index in [9.17, 15) is 9.36 Å². The zero-order valence-corrected chi connectivity index (χ0v) is 12.3. The Labute approximate surface area is 113 Å². The summed E-state index contributed by atoms with van der Waals surface area (Å²) >= 11 is 0. The average Bonchev–Trinajstić information content (AvgIpc) is 2.39. The molecule has 0 radical (unpaired) electrons. The fraction of sp³-hybridized carbons (Fsp3) is 0.462. The summed E-state index contributed by atoms with van der Waals surface area (Å²) in [5, 5.41) is 0. The lowest BCUT2D eigenvalue weighted by Gasteiger charge is -2.18. The van der Waals surface area contributed by atoms with Crippen molar-refractivity contribution in [3.05, 3.63) is 35.4 Å². The lowest BCUT2D eigenvalue weighted by molar-refractivity contribution is 0.0600. The maximum atomic E-state index is 12.4. The van der Waals surface area contributed by atoms with Crippen molar-refractivity contribution in [3.63, 3.8) is 0 Å². The second-order valence-corrected chi connectivity index (χ2v) is 5.81. The maximum Gasteiger partial charge on any atom is 0.338 e. The summed E-state index contributed by atoms with van der Waals surface area (Å²) < 4.78 is 27.6. The molecular formula is C13H19O5P. The Bertz CT molecular complexity index is 462. The molecule has 5 nitrogen and oxygen atoms in total. The molecule has 0 aliphatic carbocycles. The predicted octanol–water partition coefficient (Wildman–Crippen LogP) is 3.24. The van der Waals surface area contributed by atoms with Gasteiger partial charge in [0.05, 0.1) is 32.0 Å². The summed E-state index contributed by atoms with van der Waals surface area (Å²) in [6.07, 6.45) is 0.0555. The molecule has 0 aliphatic rings. The van der Waals surface area contributed by atoms with Gasteiger partial charge in [-0.05, 0) is 25.5 Å². The summed E-state index contributed by atoms with van der Waals surface area (Å²) in [5.74, 6) is -0.463. The van der Waals surface area contributed by atoms with Gasteiger partial charge in [0, 0.05) is 0 Å². The van der Waals surface area contributed by atoms with Crippen LogP contribution in [-0.2, 0) is 24.5 Å². The second kappa shape index (κ2) is 7.43. The molecule has 0 amide bonds. The fourth-order valence-corrected chi connectivity index (χ4v) is 3.43. The van der Waals surface area contributed by atoms with Crippen molar-refractivity contribution in [2.24, 2.45) is 0 Å². The predicted molar refractivity (Wildman–Crippen MR) is 72.3 cm³/mol. The topological polar surface area (TPSA) is 61.8 Å². The minimum Gasteiger partial charge on any atom is -0.465 e. The van der Waals surface area contributed by atoms with E-state index >= 15 is 0 Å². The highest BCUT2D eigenvalue weighted by Gasteiger charge is 2.26. The van der Waals surface area contributed by atoms with Gasteiger partial charge < -0.3 is 13.8 Å². The number of carbonyl (C=O) groups is 1. The summed E-state index contributed by atoms with van der Waals surface area (Å²) in [5.41, 5.74) is 0.976. The monoisotopic (exact) mass is 286 g/mol. The average molecular weight is 286 g/mol. The number of rotatable bonds is 7. The first-order chi connectivity index (χ1) is 9.06. The number of methoxy groups -OCH3 is 1. The van der Waals surface area contributed by atoms with Crippen molar-refractivity contribution in [1.82, 2.24) is 0 Å². The molecule has 0 aromatic heterocycles. The summed E-state index contributed by atoms with van der Waals surface area (Å²) in [6, 6.07) is 6.84. The van der Waals surface area contributed by atoms with Gasteiger partial charge in [-0.2, -0.15) is 0 Å². The van der Waals surface area contributed by atoms with E-state index in [1.165, 1.54) is 7.11 Å². The normalized spacial score (nSPS) is 11.3. The Balaban J connectivity index is 3.03. The van der Waals surface area contributed by atoms with Crippen LogP contribution in [0.25, 0.3) is 0 Å². The number of benzene rings is 1. The molecule has 1 aromatic rings. The van der Waals surface area contributed by atoms with Crippen LogP contribution in [0.1, 0.15) is 29.8 Å². The molecule has 0 heterocycles. The number of esters is 1. The molecule has 0 aliphatic heterocycles. The molecule has 0 saturated carbocycles. The van der Waals surface area contributed by atoms with Crippen molar-refractivity contribution in [3.8, 4) is 0 Å². The Kier molecular flexibility index (Phi) is 6.22. The third-order valence-corrected chi connectivity index (χ3v) is 4.47. The van der Waals surface area contributed by atoms with E-state index in [0.717, 1.165) is 0 Å². The molecule has 0 fully saturated rings. The highest BCUT2D eigenvalue weighted by molar-refractivity contribution is 7.53. The van der Waals surface area contributed by atoms with Crippen LogP contribution in [-0.4, -0.2) is 26.3 Å². The number of hydrogen-bond acceptors (Lipinski definition) is 5. The van der Waals surface area contributed by atoms with E-state index in [4.69, 9.17) is 13.8 Å². The van der Waals surface area contributed by atoms with E-state index in [2.05, 4.69) is 0 Å². The minimum absolute atomic E-state index is 0.0555. The van der Waals surface area contributed by atoms with Crippen LogP contribution in [0.5, 0.6) is 0 Å². The highest BCUT2D eigenvalue weighted by Crippen LogP contribution is 2.51. The van der Waals surface area contributed by atoms with Gasteiger partial charge in [-0.3, -0.25) is 4.57 Å². The first kappa shape index (κ1) is 15.9. The smallest absolute Gasteiger partial charge is 0.338 e. The molecule has 6 heteroatoms. The summed E-state index contributed by atoms with van der Waals surface area (Å²) in [6.45, 7) is 4.07. The molecular weight excluding hydrogens is 267 g/mol. The van der Waals surface area contributed by atoms with E-state index in [0.29, 0.717) is 11.1 Å². The van der Waals surface area contributed by atoms with E-state index in [-0.39, 0.29) is 19.4 Å². The van der Waals surface area contributed by atoms with Gasteiger partial charge in [-0.1, -0.05) is 18.2 Å². The van der Waals surface area contributed by atoms with E-state index in [1.807, 2.05) is 0 Å². The van der Waals surface area contributed by atoms with Crippen molar-refractivity contribution in [1.29, 1.82) is 0 Å². The largest absolute Gasteiger partial charge is 0.465 e. The minimum atomic E-state index is -3.23. The molecule has 0 atom stereocenters. The molecule has 1 aromatic carbocycles. The van der Waals surface area contributed by atoms with Gasteiger partial charge in [-0.15, -0.1) is 0 Å². The molecule has 0 saturated heterocycles. The SMILES string of the molecule is CCOP(=O)(Cc1ccccc1C(=O)OC)OCC.